The predicted octanol–water partition coefficient (Wildman–Crippen LogP) is 1.85. The van der Waals surface area contributed by atoms with Crippen molar-refractivity contribution in [3.63, 3.8) is 0 Å². The average Bonchev–Trinajstić information content (AvgIpc) is 3.08. The summed E-state index contributed by atoms with van der Waals surface area (Å²) in [5.74, 6) is -0.121. The maximum atomic E-state index is 12.6. The minimum absolute atomic E-state index is 0.00899. The van der Waals surface area contributed by atoms with Gasteiger partial charge in [0.1, 0.15) is 0 Å². The summed E-state index contributed by atoms with van der Waals surface area (Å²) in [6.45, 7) is 1.99. The molecule has 2 aromatic rings. The van der Waals surface area contributed by atoms with Gasteiger partial charge in [-0.25, -0.2) is 0 Å². The summed E-state index contributed by atoms with van der Waals surface area (Å²) in [5, 5.41) is 20.7. The Kier molecular flexibility index (Phi) is 7.26. The number of carbonyl (C=O) groups excluding carboxylic acids is 2. The van der Waals surface area contributed by atoms with E-state index < -0.39 is 6.10 Å². The number of carbonyl (C=O) groups is 2. The largest absolute Gasteiger partial charge is 0.391 e. The summed E-state index contributed by atoms with van der Waals surface area (Å²) in [6, 6.07) is 11.8. The van der Waals surface area contributed by atoms with Gasteiger partial charge in [0.15, 0.2) is 0 Å². The Labute approximate surface area is 177 Å². The molecule has 3 atom stereocenters. The molecule has 7 nitrogen and oxygen atoms in total. The molecule has 3 rings (SSSR count). The van der Waals surface area contributed by atoms with Crippen LogP contribution in [0.5, 0.6) is 0 Å². The van der Waals surface area contributed by atoms with Gasteiger partial charge in [-0.1, -0.05) is 30.3 Å². The lowest BCUT2D eigenvalue weighted by atomic mass is 9.74. The summed E-state index contributed by atoms with van der Waals surface area (Å²) in [7, 11) is 1.87. The first-order chi connectivity index (χ1) is 14.4. The molecule has 1 fully saturated rings. The number of nitrogens with zero attached hydrogens (tertiary/aromatic N) is 2. The van der Waals surface area contributed by atoms with Crippen LogP contribution in [0.4, 0.5) is 0 Å². The SMILES string of the molecule is CC(=O)N[C@H]1CC[C@](CNC(=O)CCc2ccnn2C)(c2ccccc2)CC[C@@H]1O. The summed E-state index contributed by atoms with van der Waals surface area (Å²) in [5.41, 5.74) is 1.92. The molecular formula is C23H32N4O3. The van der Waals surface area contributed by atoms with Crippen LogP contribution in [0.1, 0.15) is 50.3 Å². The zero-order chi connectivity index (χ0) is 21.6. The molecule has 0 aliphatic heterocycles. The van der Waals surface area contributed by atoms with Crippen molar-refractivity contribution in [1.29, 1.82) is 0 Å². The van der Waals surface area contributed by atoms with Gasteiger partial charge in [-0.15, -0.1) is 0 Å². The summed E-state index contributed by atoms with van der Waals surface area (Å²) in [4.78, 5) is 24.1. The van der Waals surface area contributed by atoms with Crippen LogP contribution in [0.15, 0.2) is 42.6 Å². The third-order valence-corrected chi connectivity index (χ3v) is 6.25. The highest BCUT2D eigenvalue weighted by atomic mass is 16.3. The van der Waals surface area contributed by atoms with Crippen LogP contribution in [0, 0.1) is 0 Å². The molecule has 162 valence electrons. The highest BCUT2D eigenvalue weighted by Gasteiger charge is 2.38. The number of benzene rings is 1. The molecule has 7 heteroatoms. The van der Waals surface area contributed by atoms with Gasteiger partial charge in [0.2, 0.25) is 11.8 Å². The Balaban J connectivity index is 1.69. The Morgan fingerprint density at radius 1 is 1.20 bits per heavy atom. The van der Waals surface area contributed by atoms with Gasteiger partial charge in [0.25, 0.3) is 0 Å². The van der Waals surface area contributed by atoms with Crippen molar-refractivity contribution in [2.75, 3.05) is 6.54 Å². The van der Waals surface area contributed by atoms with E-state index in [0.717, 1.165) is 24.1 Å². The van der Waals surface area contributed by atoms with E-state index in [1.54, 1.807) is 10.9 Å². The molecule has 1 aliphatic carbocycles. The number of aliphatic hydroxyl groups is 1. The monoisotopic (exact) mass is 412 g/mol. The minimum Gasteiger partial charge on any atom is -0.391 e. The molecule has 0 unspecified atom stereocenters. The molecule has 1 aromatic carbocycles. The molecule has 1 saturated carbocycles. The lowest BCUT2D eigenvalue weighted by molar-refractivity contribution is -0.121. The number of aromatic nitrogens is 2. The summed E-state index contributed by atoms with van der Waals surface area (Å²) in [6.07, 6.45) is 4.97. The fourth-order valence-corrected chi connectivity index (χ4v) is 4.41. The highest BCUT2D eigenvalue weighted by molar-refractivity contribution is 5.76. The van der Waals surface area contributed by atoms with Crippen LogP contribution in [0.2, 0.25) is 0 Å². The van der Waals surface area contributed by atoms with E-state index >= 15 is 0 Å². The van der Waals surface area contributed by atoms with E-state index in [-0.39, 0.29) is 23.3 Å². The summed E-state index contributed by atoms with van der Waals surface area (Å²) < 4.78 is 1.79. The van der Waals surface area contributed by atoms with E-state index in [9.17, 15) is 14.7 Å². The number of hydrogen-bond acceptors (Lipinski definition) is 4. The van der Waals surface area contributed by atoms with Crippen molar-refractivity contribution >= 4 is 11.8 Å². The lowest BCUT2D eigenvalue weighted by Crippen LogP contribution is -2.42. The second-order valence-corrected chi connectivity index (χ2v) is 8.32. The first-order valence-corrected chi connectivity index (χ1v) is 10.6. The van der Waals surface area contributed by atoms with Gasteiger partial charge in [-0.05, 0) is 43.7 Å². The Morgan fingerprint density at radius 2 is 1.93 bits per heavy atom. The van der Waals surface area contributed by atoms with E-state index in [1.807, 2.05) is 31.3 Å². The second-order valence-electron chi connectivity index (χ2n) is 8.32. The number of amides is 2. The van der Waals surface area contributed by atoms with Crippen LogP contribution in [0.25, 0.3) is 0 Å². The van der Waals surface area contributed by atoms with Gasteiger partial charge in [0.05, 0.1) is 12.1 Å². The number of rotatable bonds is 7. The van der Waals surface area contributed by atoms with Crippen LogP contribution >= 0.6 is 0 Å². The Morgan fingerprint density at radius 3 is 2.60 bits per heavy atom. The predicted molar refractivity (Wildman–Crippen MR) is 115 cm³/mol. The minimum atomic E-state index is -0.583. The zero-order valence-electron chi connectivity index (χ0n) is 17.8. The van der Waals surface area contributed by atoms with Crippen LogP contribution in [0.3, 0.4) is 0 Å². The molecule has 1 aliphatic rings. The normalized spacial score (nSPS) is 24.1. The van der Waals surface area contributed by atoms with Gasteiger partial charge in [-0.3, -0.25) is 14.3 Å². The molecule has 0 saturated heterocycles. The molecule has 0 spiro atoms. The van der Waals surface area contributed by atoms with Crippen molar-refractivity contribution in [2.24, 2.45) is 7.05 Å². The van der Waals surface area contributed by atoms with Gasteiger partial charge in [-0.2, -0.15) is 5.10 Å². The lowest BCUT2D eigenvalue weighted by Gasteiger charge is -2.34. The third-order valence-electron chi connectivity index (χ3n) is 6.25. The van der Waals surface area contributed by atoms with E-state index in [0.29, 0.717) is 32.2 Å². The second kappa shape index (κ2) is 9.89. The molecule has 0 radical (unpaired) electrons. The van der Waals surface area contributed by atoms with Gasteiger partial charge in [0, 0.05) is 44.2 Å². The molecular weight excluding hydrogens is 380 g/mol. The molecule has 1 aromatic heterocycles. The zero-order valence-corrected chi connectivity index (χ0v) is 17.8. The van der Waals surface area contributed by atoms with Crippen LogP contribution < -0.4 is 10.6 Å². The van der Waals surface area contributed by atoms with Crippen molar-refractivity contribution < 1.29 is 14.7 Å². The fourth-order valence-electron chi connectivity index (χ4n) is 4.41. The number of aliphatic hydroxyl groups excluding tert-OH is 1. The maximum Gasteiger partial charge on any atom is 0.220 e. The highest BCUT2D eigenvalue weighted by Crippen LogP contribution is 2.38. The molecule has 30 heavy (non-hydrogen) atoms. The number of nitrogens with one attached hydrogen (secondary N) is 2. The first-order valence-electron chi connectivity index (χ1n) is 10.6. The quantitative estimate of drug-likeness (QED) is 0.605. The molecule has 1 heterocycles. The molecule has 0 bridgehead atoms. The van der Waals surface area contributed by atoms with Crippen LogP contribution in [-0.2, 0) is 28.5 Å². The maximum absolute atomic E-state index is 12.6. The third kappa shape index (κ3) is 5.48. The van der Waals surface area contributed by atoms with Crippen molar-refractivity contribution in [2.45, 2.75) is 63.0 Å². The first kappa shape index (κ1) is 22.0. The molecule has 2 amide bonds. The topological polar surface area (TPSA) is 96.3 Å². The van der Waals surface area contributed by atoms with E-state index in [4.69, 9.17) is 0 Å². The molecule has 3 N–H and O–H groups in total. The van der Waals surface area contributed by atoms with Gasteiger partial charge < -0.3 is 15.7 Å². The van der Waals surface area contributed by atoms with Crippen LogP contribution in [-0.4, -0.2) is 45.4 Å². The van der Waals surface area contributed by atoms with E-state index in [1.165, 1.54) is 6.92 Å². The van der Waals surface area contributed by atoms with Crippen molar-refractivity contribution in [3.8, 4) is 0 Å². The van der Waals surface area contributed by atoms with Crippen molar-refractivity contribution in [3.05, 3.63) is 53.9 Å². The smallest absolute Gasteiger partial charge is 0.220 e. The average molecular weight is 413 g/mol. The Bertz CT molecular complexity index is 851. The Hall–Kier alpha value is -2.67. The number of aryl methyl sites for hydroxylation is 2. The fraction of sp³-hybridized carbons (Fsp3) is 0.522. The van der Waals surface area contributed by atoms with Gasteiger partial charge >= 0.3 is 0 Å². The van der Waals surface area contributed by atoms with Crippen molar-refractivity contribution in [1.82, 2.24) is 20.4 Å². The number of hydrogen-bond donors (Lipinski definition) is 3. The summed E-state index contributed by atoms with van der Waals surface area (Å²) >= 11 is 0. The standard InChI is InChI=1S/C23H32N4O3/c1-17(28)26-20-10-13-23(14-11-21(20)29,18-6-4-3-5-7-18)16-24-22(30)9-8-19-12-15-25-27(19)2/h3-7,12,15,20-21,29H,8-11,13-14,16H2,1-2H3,(H,24,30)(H,26,28)/t20-,21-,23-/m0/s1. The van der Waals surface area contributed by atoms with E-state index in [2.05, 4.69) is 27.9 Å².